The monoisotopic (exact) mass is 115 g/mol. The van der Waals surface area contributed by atoms with Crippen LogP contribution in [0.1, 0.15) is 13.8 Å². The van der Waals surface area contributed by atoms with Crippen molar-refractivity contribution in [3.63, 3.8) is 0 Å². The van der Waals surface area contributed by atoms with Crippen molar-refractivity contribution in [2.24, 2.45) is 5.73 Å². The highest BCUT2D eigenvalue weighted by atomic mass is 16.5. The standard InChI is InChI=1S/C6H13NO/c1-5(7)6(2,3)8-4/h1,7H2,2-4H3. The molecule has 0 radical (unpaired) electrons. The van der Waals surface area contributed by atoms with E-state index in [9.17, 15) is 0 Å². The Morgan fingerprint density at radius 2 is 2.00 bits per heavy atom. The molecule has 0 aromatic carbocycles. The molecule has 0 atom stereocenters. The second kappa shape index (κ2) is 2.18. The maximum absolute atomic E-state index is 5.36. The lowest BCUT2D eigenvalue weighted by molar-refractivity contribution is 0.0542. The summed E-state index contributed by atoms with van der Waals surface area (Å²) < 4.78 is 4.97. The number of hydrogen-bond acceptors (Lipinski definition) is 2. The van der Waals surface area contributed by atoms with Crippen molar-refractivity contribution in [3.8, 4) is 0 Å². The highest BCUT2D eigenvalue weighted by Crippen LogP contribution is 2.11. The fourth-order valence-electron chi connectivity index (χ4n) is 0.131. The van der Waals surface area contributed by atoms with Crippen LogP contribution in [0.15, 0.2) is 12.3 Å². The third kappa shape index (κ3) is 1.54. The van der Waals surface area contributed by atoms with Crippen LogP contribution >= 0.6 is 0 Å². The minimum absolute atomic E-state index is 0.375. The Labute approximate surface area is 50.3 Å². The van der Waals surface area contributed by atoms with Crippen molar-refractivity contribution < 1.29 is 4.74 Å². The summed E-state index contributed by atoms with van der Waals surface area (Å²) in [5, 5.41) is 0. The fraction of sp³-hybridized carbons (Fsp3) is 0.667. The summed E-state index contributed by atoms with van der Waals surface area (Å²) in [6, 6.07) is 0. The molecule has 0 fully saturated rings. The summed E-state index contributed by atoms with van der Waals surface area (Å²) in [7, 11) is 1.61. The Balaban J connectivity index is 3.91. The number of ether oxygens (including phenoxy) is 1. The van der Waals surface area contributed by atoms with E-state index in [0.717, 1.165) is 0 Å². The van der Waals surface area contributed by atoms with Crippen LogP contribution in [-0.2, 0) is 4.74 Å². The van der Waals surface area contributed by atoms with Crippen molar-refractivity contribution in [3.05, 3.63) is 12.3 Å². The first-order valence-corrected chi connectivity index (χ1v) is 2.50. The molecule has 0 spiro atoms. The van der Waals surface area contributed by atoms with Gasteiger partial charge in [0.15, 0.2) is 0 Å². The Hall–Kier alpha value is -0.500. The molecule has 0 rings (SSSR count). The van der Waals surface area contributed by atoms with E-state index in [4.69, 9.17) is 10.5 Å². The second-order valence-electron chi connectivity index (χ2n) is 2.24. The maximum atomic E-state index is 5.36. The Morgan fingerprint density at radius 1 is 1.62 bits per heavy atom. The first kappa shape index (κ1) is 7.50. The zero-order valence-corrected chi connectivity index (χ0v) is 5.69. The fourth-order valence-corrected chi connectivity index (χ4v) is 0.131. The lowest BCUT2D eigenvalue weighted by Crippen LogP contribution is -2.29. The molecule has 0 bridgehead atoms. The van der Waals surface area contributed by atoms with Crippen LogP contribution < -0.4 is 5.73 Å². The molecule has 8 heavy (non-hydrogen) atoms. The SMILES string of the molecule is C=C(N)C(C)(C)OC. The van der Waals surface area contributed by atoms with E-state index < -0.39 is 0 Å². The van der Waals surface area contributed by atoms with Crippen LogP contribution in [0.25, 0.3) is 0 Å². The topological polar surface area (TPSA) is 35.2 Å². The summed E-state index contributed by atoms with van der Waals surface area (Å²) in [5.74, 6) is 0. The van der Waals surface area contributed by atoms with Gasteiger partial charge in [0.25, 0.3) is 0 Å². The highest BCUT2D eigenvalue weighted by Gasteiger charge is 2.16. The predicted octanol–water partition coefficient (Wildman–Crippen LogP) is 0.884. The zero-order chi connectivity index (χ0) is 6.78. The Morgan fingerprint density at radius 3 is 2.00 bits per heavy atom. The van der Waals surface area contributed by atoms with Crippen LogP contribution in [0.2, 0.25) is 0 Å². The molecule has 0 unspecified atom stereocenters. The third-order valence-electron chi connectivity index (χ3n) is 1.28. The normalized spacial score (nSPS) is 11.4. The average Bonchev–Trinajstić information content (AvgIpc) is 1.67. The molecular weight excluding hydrogens is 102 g/mol. The molecule has 0 saturated heterocycles. The maximum Gasteiger partial charge on any atom is 0.101 e. The van der Waals surface area contributed by atoms with Crippen LogP contribution in [-0.4, -0.2) is 12.7 Å². The average molecular weight is 115 g/mol. The molecule has 2 heteroatoms. The molecule has 2 nitrogen and oxygen atoms in total. The molecule has 0 aliphatic carbocycles. The van der Waals surface area contributed by atoms with E-state index in [0.29, 0.717) is 5.70 Å². The number of nitrogens with two attached hydrogens (primary N) is 1. The first-order valence-electron chi connectivity index (χ1n) is 2.50. The molecule has 48 valence electrons. The minimum atomic E-state index is -0.375. The molecule has 0 saturated carbocycles. The molecule has 0 aliphatic heterocycles. The summed E-state index contributed by atoms with van der Waals surface area (Å²) in [5.41, 5.74) is 5.54. The van der Waals surface area contributed by atoms with Crippen molar-refractivity contribution in [2.45, 2.75) is 19.4 Å². The van der Waals surface area contributed by atoms with Gasteiger partial charge in [-0.05, 0) is 13.8 Å². The van der Waals surface area contributed by atoms with Crippen molar-refractivity contribution in [1.29, 1.82) is 0 Å². The van der Waals surface area contributed by atoms with Gasteiger partial charge in [0.05, 0.1) is 0 Å². The summed E-state index contributed by atoms with van der Waals surface area (Å²) in [4.78, 5) is 0. The summed E-state index contributed by atoms with van der Waals surface area (Å²) in [6.07, 6.45) is 0. The molecule has 0 heterocycles. The van der Waals surface area contributed by atoms with Gasteiger partial charge in [-0.25, -0.2) is 0 Å². The molecule has 0 aliphatic rings. The lowest BCUT2D eigenvalue weighted by Gasteiger charge is -2.21. The van der Waals surface area contributed by atoms with Crippen molar-refractivity contribution in [1.82, 2.24) is 0 Å². The van der Waals surface area contributed by atoms with Gasteiger partial charge in [0.2, 0.25) is 0 Å². The van der Waals surface area contributed by atoms with Crippen LogP contribution in [0.3, 0.4) is 0 Å². The Kier molecular flexibility index (Phi) is 2.04. The van der Waals surface area contributed by atoms with E-state index in [2.05, 4.69) is 6.58 Å². The van der Waals surface area contributed by atoms with E-state index in [1.807, 2.05) is 13.8 Å². The molecule has 0 aromatic heterocycles. The van der Waals surface area contributed by atoms with Crippen molar-refractivity contribution >= 4 is 0 Å². The summed E-state index contributed by atoms with van der Waals surface area (Å²) >= 11 is 0. The van der Waals surface area contributed by atoms with E-state index >= 15 is 0 Å². The molecular formula is C6H13NO. The minimum Gasteiger partial charge on any atom is -0.400 e. The molecule has 2 N–H and O–H groups in total. The van der Waals surface area contributed by atoms with Gasteiger partial charge in [-0.2, -0.15) is 0 Å². The van der Waals surface area contributed by atoms with Crippen LogP contribution in [0, 0.1) is 0 Å². The quantitative estimate of drug-likeness (QED) is 0.580. The van der Waals surface area contributed by atoms with Gasteiger partial charge in [-0.1, -0.05) is 6.58 Å². The van der Waals surface area contributed by atoms with Gasteiger partial charge in [-0.15, -0.1) is 0 Å². The van der Waals surface area contributed by atoms with Crippen molar-refractivity contribution in [2.75, 3.05) is 7.11 Å². The van der Waals surface area contributed by atoms with E-state index in [1.54, 1.807) is 7.11 Å². The van der Waals surface area contributed by atoms with Gasteiger partial charge in [-0.3, -0.25) is 0 Å². The largest absolute Gasteiger partial charge is 0.400 e. The van der Waals surface area contributed by atoms with Gasteiger partial charge in [0, 0.05) is 12.8 Å². The zero-order valence-electron chi connectivity index (χ0n) is 5.69. The molecule has 0 amide bonds. The lowest BCUT2D eigenvalue weighted by atomic mass is 10.1. The van der Waals surface area contributed by atoms with Gasteiger partial charge >= 0.3 is 0 Å². The third-order valence-corrected chi connectivity index (χ3v) is 1.28. The van der Waals surface area contributed by atoms with Crippen LogP contribution in [0.5, 0.6) is 0 Å². The predicted molar refractivity (Wildman–Crippen MR) is 34.4 cm³/mol. The molecule has 0 aromatic rings. The van der Waals surface area contributed by atoms with Crippen LogP contribution in [0.4, 0.5) is 0 Å². The number of hydrogen-bond donors (Lipinski definition) is 1. The van der Waals surface area contributed by atoms with Gasteiger partial charge in [0.1, 0.15) is 5.60 Å². The first-order chi connectivity index (χ1) is 3.50. The van der Waals surface area contributed by atoms with E-state index in [1.165, 1.54) is 0 Å². The number of rotatable bonds is 2. The highest BCUT2D eigenvalue weighted by molar-refractivity contribution is 5.03. The summed E-state index contributed by atoms with van der Waals surface area (Å²) in [6.45, 7) is 7.29. The Bertz CT molecular complexity index is 96.7. The number of methoxy groups -OCH3 is 1. The second-order valence-corrected chi connectivity index (χ2v) is 2.24. The smallest absolute Gasteiger partial charge is 0.101 e. The van der Waals surface area contributed by atoms with Gasteiger partial charge < -0.3 is 10.5 Å². The van der Waals surface area contributed by atoms with E-state index in [-0.39, 0.29) is 5.60 Å².